The van der Waals surface area contributed by atoms with Gasteiger partial charge in [-0.3, -0.25) is 4.79 Å². The maximum Gasteiger partial charge on any atom is 0.419 e. The van der Waals surface area contributed by atoms with Crippen LogP contribution >= 0.6 is 0 Å². The molecule has 0 saturated carbocycles. The summed E-state index contributed by atoms with van der Waals surface area (Å²) < 4.78 is 60.3. The minimum absolute atomic E-state index is 0.0661. The number of hydrogen-bond acceptors (Lipinski definition) is 3. The van der Waals surface area contributed by atoms with Crippen LogP contribution in [0.4, 0.5) is 23.4 Å². The first-order valence-corrected chi connectivity index (χ1v) is 9.34. The lowest BCUT2D eigenvalue weighted by Gasteiger charge is -2.15. The molecule has 3 rings (SSSR count). The molecule has 2 heterocycles. The zero-order valence-electron chi connectivity index (χ0n) is 16.4. The van der Waals surface area contributed by atoms with Gasteiger partial charge in [0.25, 0.3) is 5.91 Å². The van der Waals surface area contributed by atoms with Crippen LogP contribution in [0, 0.1) is 5.82 Å². The van der Waals surface area contributed by atoms with E-state index in [0.717, 1.165) is 25.0 Å². The molecule has 1 aromatic heterocycles. The Bertz CT molecular complexity index is 894. The van der Waals surface area contributed by atoms with E-state index >= 15 is 0 Å². The van der Waals surface area contributed by atoms with Crippen molar-refractivity contribution in [3.05, 3.63) is 46.9 Å². The average molecular weight is 413 g/mol. The smallest absolute Gasteiger partial charge is 0.376 e. The molecule has 1 aliphatic rings. The Morgan fingerprint density at radius 3 is 2.62 bits per heavy atom. The molecule has 158 valence electrons. The lowest BCUT2D eigenvalue weighted by atomic mass is 9.92. The molecule has 1 N–H and O–H groups in total. The molecule has 0 bridgehead atoms. The van der Waals surface area contributed by atoms with E-state index in [-0.39, 0.29) is 17.3 Å². The number of nitrogens with one attached hydrogen (secondary N) is 1. The van der Waals surface area contributed by atoms with E-state index in [9.17, 15) is 22.4 Å². The maximum atomic E-state index is 14.3. The van der Waals surface area contributed by atoms with Crippen molar-refractivity contribution in [2.75, 3.05) is 11.9 Å². The topological polar surface area (TPSA) is 56.2 Å². The van der Waals surface area contributed by atoms with E-state index in [1.807, 2.05) is 20.8 Å². The van der Waals surface area contributed by atoms with Gasteiger partial charge in [0.05, 0.1) is 29.5 Å². The molecule has 2 aromatic rings. The fourth-order valence-electron chi connectivity index (χ4n) is 3.11. The van der Waals surface area contributed by atoms with Crippen molar-refractivity contribution < 1.29 is 27.1 Å². The summed E-state index contributed by atoms with van der Waals surface area (Å²) in [6.07, 6.45) is -3.18. The third-order valence-corrected chi connectivity index (χ3v) is 4.74. The van der Waals surface area contributed by atoms with E-state index in [4.69, 9.17) is 4.74 Å². The quantitative estimate of drug-likeness (QED) is 0.735. The van der Waals surface area contributed by atoms with Crippen molar-refractivity contribution in [3.8, 4) is 0 Å². The number of aromatic nitrogens is 2. The van der Waals surface area contributed by atoms with Crippen LogP contribution in [0.3, 0.4) is 0 Å². The third kappa shape index (κ3) is 4.77. The Labute approximate surface area is 166 Å². The number of carbonyl (C=O) groups is 1. The molecule has 1 amide bonds. The highest BCUT2D eigenvalue weighted by atomic mass is 19.4. The maximum absolute atomic E-state index is 14.3. The fourth-order valence-corrected chi connectivity index (χ4v) is 3.11. The summed E-state index contributed by atoms with van der Waals surface area (Å²) in [5.74, 6) is -2.28. The second-order valence-corrected chi connectivity index (χ2v) is 8.10. The number of rotatable bonds is 4. The summed E-state index contributed by atoms with van der Waals surface area (Å²) in [6.45, 7) is 6.88. The van der Waals surface area contributed by atoms with Crippen LogP contribution in [0.1, 0.15) is 55.2 Å². The van der Waals surface area contributed by atoms with E-state index in [1.54, 1.807) is 10.7 Å². The summed E-state index contributed by atoms with van der Waals surface area (Å²) in [5.41, 5.74) is -1.78. The van der Waals surface area contributed by atoms with E-state index < -0.39 is 29.0 Å². The molecule has 0 aliphatic carbocycles. The predicted octanol–water partition coefficient (Wildman–Crippen LogP) is 4.77. The molecular weight excluding hydrogens is 390 g/mol. The first-order chi connectivity index (χ1) is 13.5. The number of amides is 1. The molecular formula is C20H23F4N3O2. The van der Waals surface area contributed by atoms with Crippen LogP contribution in [0.5, 0.6) is 0 Å². The van der Waals surface area contributed by atoms with Crippen molar-refractivity contribution in [1.29, 1.82) is 0 Å². The van der Waals surface area contributed by atoms with Gasteiger partial charge in [-0.15, -0.1) is 0 Å². The van der Waals surface area contributed by atoms with Gasteiger partial charge in [-0.05, 0) is 25.0 Å². The van der Waals surface area contributed by atoms with Crippen LogP contribution in [0.15, 0.2) is 24.3 Å². The Morgan fingerprint density at radius 1 is 1.31 bits per heavy atom. The van der Waals surface area contributed by atoms with Crippen LogP contribution in [0.25, 0.3) is 0 Å². The zero-order chi connectivity index (χ0) is 21.4. The SMILES string of the molecule is CC(C)(C)c1cc(NC(=O)c2cccc(C(F)(F)F)c2F)n(C[C@H]2CCCO2)n1. The first-order valence-electron chi connectivity index (χ1n) is 9.34. The highest BCUT2D eigenvalue weighted by molar-refractivity contribution is 6.04. The summed E-state index contributed by atoms with van der Waals surface area (Å²) in [7, 11) is 0. The van der Waals surface area contributed by atoms with Gasteiger partial charge in [0.15, 0.2) is 0 Å². The minimum Gasteiger partial charge on any atom is -0.376 e. The Hall–Kier alpha value is -2.42. The fraction of sp³-hybridized carbons (Fsp3) is 0.500. The van der Waals surface area contributed by atoms with Crippen molar-refractivity contribution in [2.24, 2.45) is 0 Å². The molecule has 29 heavy (non-hydrogen) atoms. The lowest BCUT2D eigenvalue weighted by molar-refractivity contribution is -0.140. The molecule has 1 saturated heterocycles. The summed E-state index contributed by atoms with van der Waals surface area (Å²) in [6, 6.07) is 4.28. The average Bonchev–Trinajstić information content (AvgIpc) is 3.24. The predicted molar refractivity (Wildman–Crippen MR) is 99.3 cm³/mol. The number of anilines is 1. The summed E-state index contributed by atoms with van der Waals surface area (Å²) in [4.78, 5) is 12.6. The van der Waals surface area contributed by atoms with Gasteiger partial charge in [0.1, 0.15) is 11.6 Å². The molecule has 0 radical (unpaired) electrons. The number of hydrogen-bond donors (Lipinski definition) is 1. The van der Waals surface area contributed by atoms with E-state index in [2.05, 4.69) is 10.4 Å². The molecule has 1 atom stereocenters. The van der Waals surface area contributed by atoms with Crippen molar-refractivity contribution in [1.82, 2.24) is 9.78 Å². The van der Waals surface area contributed by atoms with Gasteiger partial charge in [-0.2, -0.15) is 18.3 Å². The standard InChI is InChI=1S/C20H23F4N3O2/c1-19(2,3)15-10-16(27(26-15)11-12-6-5-9-29-12)25-18(28)13-7-4-8-14(17(13)21)20(22,23)24/h4,7-8,10,12H,5-6,9,11H2,1-3H3,(H,25,28)/t12-/m1/s1. The highest BCUT2D eigenvalue weighted by Gasteiger charge is 2.36. The van der Waals surface area contributed by atoms with Gasteiger partial charge >= 0.3 is 6.18 Å². The lowest BCUT2D eigenvalue weighted by Crippen LogP contribution is -2.22. The van der Waals surface area contributed by atoms with Gasteiger partial charge < -0.3 is 10.1 Å². The number of nitrogens with zero attached hydrogens (tertiary/aromatic N) is 2. The second kappa shape index (κ2) is 7.78. The minimum atomic E-state index is -4.89. The van der Waals surface area contributed by atoms with Crippen LogP contribution < -0.4 is 5.32 Å². The molecule has 0 unspecified atom stereocenters. The monoisotopic (exact) mass is 413 g/mol. The second-order valence-electron chi connectivity index (χ2n) is 8.10. The Balaban J connectivity index is 1.90. The van der Waals surface area contributed by atoms with Crippen LogP contribution in [-0.4, -0.2) is 28.4 Å². The van der Waals surface area contributed by atoms with E-state index in [1.165, 1.54) is 0 Å². The molecule has 1 fully saturated rings. The van der Waals surface area contributed by atoms with Gasteiger partial charge in [0.2, 0.25) is 0 Å². The zero-order valence-corrected chi connectivity index (χ0v) is 16.4. The Kier molecular flexibility index (Phi) is 5.71. The number of halogens is 4. The highest BCUT2D eigenvalue weighted by Crippen LogP contribution is 2.33. The normalized spacial score (nSPS) is 17.6. The number of carbonyl (C=O) groups excluding carboxylic acids is 1. The largest absolute Gasteiger partial charge is 0.419 e. The number of alkyl halides is 3. The molecule has 9 heteroatoms. The van der Waals surface area contributed by atoms with Crippen molar-refractivity contribution in [2.45, 2.75) is 57.9 Å². The molecule has 5 nitrogen and oxygen atoms in total. The summed E-state index contributed by atoms with van der Waals surface area (Å²) in [5, 5.41) is 7.03. The first kappa shape index (κ1) is 21.3. The van der Waals surface area contributed by atoms with Crippen molar-refractivity contribution in [3.63, 3.8) is 0 Å². The van der Waals surface area contributed by atoms with Gasteiger partial charge in [-0.25, -0.2) is 9.07 Å². The van der Waals surface area contributed by atoms with Crippen LogP contribution in [0.2, 0.25) is 0 Å². The van der Waals surface area contributed by atoms with Gasteiger partial charge in [0, 0.05) is 18.1 Å². The summed E-state index contributed by atoms with van der Waals surface area (Å²) >= 11 is 0. The van der Waals surface area contributed by atoms with E-state index in [0.29, 0.717) is 24.9 Å². The molecule has 0 spiro atoms. The van der Waals surface area contributed by atoms with Gasteiger partial charge in [-0.1, -0.05) is 26.8 Å². The molecule has 1 aromatic carbocycles. The Morgan fingerprint density at radius 2 is 2.03 bits per heavy atom. The third-order valence-electron chi connectivity index (χ3n) is 4.74. The van der Waals surface area contributed by atoms with Crippen molar-refractivity contribution >= 4 is 11.7 Å². The number of benzene rings is 1. The number of ether oxygens (including phenoxy) is 1. The molecule has 1 aliphatic heterocycles. The van der Waals surface area contributed by atoms with Crippen LogP contribution in [-0.2, 0) is 22.9 Å².